The normalized spacial score (nSPS) is 14.3. The molecule has 22 heavy (non-hydrogen) atoms. The van der Waals surface area contributed by atoms with Crippen LogP contribution in [0.4, 0.5) is 0 Å². The van der Waals surface area contributed by atoms with Crippen LogP contribution >= 0.6 is 0 Å². The van der Waals surface area contributed by atoms with Crippen molar-refractivity contribution in [3.05, 3.63) is 29.8 Å². The second kappa shape index (κ2) is 7.59. The Morgan fingerprint density at radius 1 is 1.27 bits per heavy atom. The number of nitrogens with zero attached hydrogens (tertiary/aromatic N) is 1. The lowest BCUT2D eigenvalue weighted by Gasteiger charge is -2.13. The number of carbonyl (C=O) groups excluding carboxylic acids is 3. The van der Waals surface area contributed by atoms with Gasteiger partial charge < -0.3 is 10.1 Å². The van der Waals surface area contributed by atoms with E-state index in [9.17, 15) is 14.4 Å². The van der Waals surface area contributed by atoms with Crippen molar-refractivity contribution in [1.82, 2.24) is 10.2 Å². The lowest BCUT2D eigenvalue weighted by molar-refractivity contribution is -0.138. The minimum Gasteiger partial charge on any atom is -0.494 e. The summed E-state index contributed by atoms with van der Waals surface area (Å²) in [6.07, 6.45) is 0.637. The summed E-state index contributed by atoms with van der Waals surface area (Å²) in [6.45, 7) is 3.05. The Morgan fingerprint density at radius 2 is 2.00 bits per heavy atom. The monoisotopic (exact) mass is 304 g/mol. The summed E-state index contributed by atoms with van der Waals surface area (Å²) in [5.74, 6) is 0.196. The molecule has 0 saturated carbocycles. The van der Waals surface area contributed by atoms with E-state index in [2.05, 4.69) is 5.32 Å². The molecule has 1 saturated heterocycles. The molecule has 2 rings (SSSR count). The summed E-state index contributed by atoms with van der Waals surface area (Å²) in [4.78, 5) is 35.8. The molecule has 0 spiro atoms. The van der Waals surface area contributed by atoms with Gasteiger partial charge in [0.15, 0.2) is 0 Å². The number of hydrogen-bond acceptors (Lipinski definition) is 4. The van der Waals surface area contributed by atoms with Gasteiger partial charge in [0, 0.05) is 32.4 Å². The summed E-state index contributed by atoms with van der Waals surface area (Å²) >= 11 is 0. The van der Waals surface area contributed by atoms with Gasteiger partial charge in [0.25, 0.3) is 0 Å². The maximum Gasteiger partial charge on any atom is 0.229 e. The van der Waals surface area contributed by atoms with Crippen LogP contribution in [0.2, 0.25) is 0 Å². The number of likely N-dealkylation sites (tertiary alicyclic amines) is 1. The standard InChI is InChI=1S/C16H20N2O4/c1-2-22-13-5-3-4-12(10-13)11-17-14(19)8-9-18-15(20)6-7-16(18)21/h3-5,10H,2,6-9,11H2,1H3,(H,17,19). The molecule has 1 aliphatic heterocycles. The van der Waals surface area contributed by atoms with Gasteiger partial charge >= 0.3 is 0 Å². The van der Waals surface area contributed by atoms with E-state index >= 15 is 0 Å². The van der Waals surface area contributed by atoms with Gasteiger partial charge in [-0.25, -0.2) is 0 Å². The molecule has 0 aliphatic carbocycles. The molecule has 0 atom stereocenters. The highest BCUT2D eigenvalue weighted by molar-refractivity contribution is 6.02. The van der Waals surface area contributed by atoms with Crippen molar-refractivity contribution in [2.45, 2.75) is 32.7 Å². The molecule has 0 bridgehead atoms. The zero-order valence-corrected chi connectivity index (χ0v) is 12.6. The summed E-state index contributed by atoms with van der Waals surface area (Å²) in [5.41, 5.74) is 0.938. The van der Waals surface area contributed by atoms with Crippen molar-refractivity contribution in [2.75, 3.05) is 13.2 Å². The largest absolute Gasteiger partial charge is 0.494 e. The van der Waals surface area contributed by atoms with Crippen LogP contribution < -0.4 is 10.1 Å². The van der Waals surface area contributed by atoms with Crippen molar-refractivity contribution in [1.29, 1.82) is 0 Å². The first-order valence-electron chi connectivity index (χ1n) is 7.41. The van der Waals surface area contributed by atoms with Crippen LogP contribution in [0.5, 0.6) is 5.75 Å². The molecule has 1 aromatic carbocycles. The number of nitrogens with one attached hydrogen (secondary N) is 1. The molecule has 3 amide bonds. The Kier molecular flexibility index (Phi) is 5.52. The molecular formula is C16H20N2O4. The van der Waals surface area contributed by atoms with Crippen LogP contribution in [0.25, 0.3) is 0 Å². The summed E-state index contributed by atoms with van der Waals surface area (Å²) in [5, 5.41) is 2.78. The maximum absolute atomic E-state index is 11.8. The summed E-state index contributed by atoms with van der Waals surface area (Å²) in [6, 6.07) is 7.50. The van der Waals surface area contributed by atoms with Gasteiger partial charge in [-0.3, -0.25) is 19.3 Å². The average molecular weight is 304 g/mol. The fraction of sp³-hybridized carbons (Fsp3) is 0.438. The van der Waals surface area contributed by atoms with E-state index in [0.29, 0.717) is 13.2 Å². The first-order chi connectivity index (χ1) is 10.6. The predicted molar refractivity (Wildman–Crippen MR) is 80.0 cm³/mol. The lowest BCUT2D eigenvalue weighted by Crippen LogP contribution is -2.34. The van der Waals surface area contributed by atoms with Crippen molar-refractivity contribution in [3.8, 4) is 5.75 Å². The van der Waals surface area contributed by atoms with E-state index in [1.54, 1.807) is 0 Å². The van der Waals surface area contributed by atoms with Gasteiger partial charge in [-0.1, -0.05) is 12.1 Å². The Morgan fingerprint density at radius 3 is 2.68 bits per heavy atom. The van der Waals surface area contributed by atoms with Crippen LogP contribution in [0, 0.1) is 0 Å². The van der Waals surface area contributed by atoms with Gasteiger partial charge in [-0.2, -0.15) is 0 Å². The van der Waals surface area contributed by atoms with Gasteiger partial charge in [0.1, 0.15) is 5.75 Å². The maximum atomic E-state index is 11.8. The van der Waals surface area contributed by atoms with E-state index in [1.807, 2.05) is 31.2 Å². The molecule has 1 heterocycles. The molecule has 0 aromatic heterocycles. The third-order valence-electron chi connectivity index (χ3n) is 3.42. The third-order valence-corrected chi connectivity index (χ3v) is 3.42. The van der Waals surface area contributed by atoms with Crippen molar-refractivity contribution < 1.29 is 19.1 Å². The van der Waals surface area contributed by atoms with Crippen molar-refractivity contribution in [3.63, 3.8) is 0 Å². The van der Waals surface area contributed by atoms with Gasteiger partial charge in [-0.15, -0.1) is 0 Å². The van der Waals surface area contributed by atoms with Crippen LogP contribution in [0.15, 0.2) is 24.3 Å². The highest BCUT2D eigenvalue weighted by atomic mass is 16.5. The van der Waals surface area contributed by atoms with E-state index < -0.39 is 0 Å². The van der Waals surface area contributed by atoms with E-state index in [-0.39, 0.29) is 43.5 Å². The molecule has 1 fully saturated rings. The zero-order chi connectivity index (χ0) is 15.9. The van der Waals surface area contributed by atoms with Crippen LogP contribution in [0.3, 0.4) is 0 Å². The highest BCUT2D eigenvalue weighted by Crippen LogP contribution is 2.13. The first-order valence-corrected chi connectivity index (χ1v) is 7.41. The molecule has 118 valence electrons. The Balaban J connectivity index is 1.77. The number of imide groups is 1. The average Bonchev–Trinajstić information content (AvgIpc) is 2.83. The summed E-state index contributed by atoms with van der Waals surface area (Å²) in [7, 11) is 0. The fourth-order valence-corrected chi connectivity index (χ4v) is 2.29. The zero-order valence-electron chi connectivity index (χ0n) is 12.6. The molecule has 6 nitrogen and oxygen atoms in total. The lowest BCUT2D eigenvalue weighted by atomic mass is 10.2. The van der Waals surface area contributed by atoms with E-state index in [4.69, 9.17) is 4.74 Å². The van der Waals surface area contributed by atoms with Crippen LogP contribution in [0.1, 0.15) is 31.7 Å². The molecular weight excluding hydrogens is 284 g/mol. The van der Waals surface area contributed by atoms with Gasteiger partial charge in [-0.05, 0) is 24.6 Å². The minimum atomic E-state index is -0.192. The topological polar surface area (TPSA) is 75.7 Å². The fourth-order valence-electron chi connectivity index (χ4n) is 2.29. The van der Waals surface area contributed by atoms with Crippen molar-refractivity contribution >= 4 is 17.7 Å². The second-order valence-corrected chi connectivity index (χ2v) is 5.05. The minimum absolute atomic E-state index is 0.128. The molecule has 6 heteroatoms. The third kappa shape index (κ3) is 4.31. The quantitative estimate of drug-likeness (QED) is 0.769. The Bertz CT molecular complexity index is 555. The summed E-state index contributed by atoms with van der Waals surface area (Å²) < 4.78 is 5.40. The molecule has 1 aromatic rings. The SMILES string of the molecule is CCOc1cccc(CNC(=O)CCN2C(=O)CCC2=O)c1. The Hall–Kier alpha value is -2.37. The molecule has 0 unspecified atom stereocenters. The smallest absolute Gasteiger partial charge is 0.229 e. The van der Waals surface area contributed by atoms with Crippen LogP contribution in [-0.4, -0.2) is 35.8 Å². The first kappa shape index (κ1) is 16.0. The number of carbonyl (C=O) groups is 3. The number of benzene rings is 1. The highest BCUT2D eigenvalue weighted by Gasteiger charge is 2.28. The second-order valence-electron chi connectivity index (χ2n) is 5.05. The molecule has 0 radical (unpaired) electrons. The predicted octanol–water partition coefficient (Wildman–Crippen LogP) is 1.24. The number of amides is 3. The van der Waals surface area contributed by atoms with E-state index in [0.717, 1.165) is 16.2 Å². The number of hydrogen-bond donors (Lipinski definition) is 1. The Labute approximate surface area is 129 Å². The van der Waals surface area contributed by atoms with Crippen molar-refractivity contribution in [2.24, 2.45) is 0 Å². The van der Waals surface area contributed by atoms with Gasteiger partial charge in [0.05, 0.1) is 6.61 Å². The number of ether oxygens (including phenoxy) is 1. The van der Waals surface area contributed by atoms with Gasteiger partial charge in [0.2, 0.25) is 17.7 Å². The van der Waals surface area contributed by atoms with Crippen LogP contribution in [-0.2, 0) is 20.9 Å². The molecule has 1 aliphatic rings. The van der Waals surface area contributed by atoms with E-state index in [1.165, 1.54) is 0 Å². The molecule has 1 N–H and O–H groups in total. The number of rotatable bonds is 7.